The maximum atomic E-state index is 14.7. The highest BCUT2D eigenvalue weighted by atomic mass is 19.1. The molecule has 2 aromatic heterocycles. The van der Waals surface area contributed by atoms with Crippen LogP contribution in [0.3, 0.4) is 0 Å². The number of benzene rings is 3. The third-order valence-corrected chi connectivity index (χ3v) is 5.21. The molecule has 1 N–H and O–H groups in total. The summed E-state index contributed by atoms with van der Waals surface area (Å²) in [5.41, 5.74) is 1.38. The molecule has 35 heavy (non-hydrogen) atoms. The van der Waals surface area contributed by atoms with E-state index in [9.17, 15) is 18.0 Å². The van der Waals surface area contributed by atoms with E-state index < -0.39 is 17.5 Å². The zero-order valence-corrected chi connectivity index (χ0v) is 18.0. The van der Waals surface area contributed by atoms with Gasteiger partial charge < -0.3 is 14.5 Å². The normalized spacial score (nSPS) is 10.9. The molecule has 2 heterocycles. The van der Waals surface area contributed by atoms with Crippen LogP contribution in [0.15, 0.2) is 77.5 Å². The highest BCUT2D eigenvalue weighted by Gasteiger charge is 2.15. The van der Waals surface area contributed by atoms with Crippen molar-refractivity contribution in [1.29, 1.82) is 0 Å². The van der Waals surface area contributed by atoms with Gasteiger partial charge in [0.05, 0.1) is 11.1 Å². The molecule has 0 aliphatic heterocycles. The van der Waals surface area contributed by atoms with Gasteiger partial charge >= 0.3 is 0 Å². The summed E-state index contributed by atoms with van der Waals surface area (Å²) >= 11 is 0. The van der Waals surface area contributed by atoms with E-state index in [0.29, 0.717) is 34.3 Å². The lowest BCUT2D eigenvalue weighted by molar-refractivity contribution is 0.110. The first kappa shape index (κ1) is 22.1. The van der Waals surface area contributed by atoms with Gasteiger partial charge in [0.25, 0.3) is 0 Å². The molecule has 5 aromatic rings. The monoisotopic (exact) mass is 475 g/mol. The minimum Gasteiger partial charge on any atom is -0.486 e. The van der Waals surface area contributed by atoms with Crippen LogP contribution in [0.1, 0.15) is 16.1 Å². The number of hydrogen-bond donors (Lipinski definition) is 1. The molecule has 0 radical (unpaired) electrons. The Labute approximate surface area is 197 Å². The van der Waals surface area contributed by atoms with Gasteiger partial charge in [0.1, 0.15) is 36.1 Å². The molecular weight excluding hydrogens is 459 g/mol. The molecule has 9 heteroatoms. The van der Waals surface area contributed by atoms with Gasteiger partial charge in [-0.05, 0) is 48.0 Å². The van der Waals surface area contributed by atoms with E-state index in [1.54, 1.807) is 18.2 Å². The number of hydrogen-bond acceptors (Lipinski definition) is 6. The molecule has 0 unspecified atom stereocenters. The molecule has 6 nitrogen and oxygen atoms in total. The summed E-state index contributed by atoms with van der Waals surface area (Å²) in [5, 5.41) is 3.46. The topological polar surface area (TPSA) is 77.2 Å². The Kier molecular flexibility index (Phi) is 5.88. The maximum Gasteiger partial charge on any atom is 0.185 e. The van der Waals surface area contributed by atoms with Gasteiger partial charge in [-0.25, -0.2) is 23.1 Å². The summed E-state index contributed by atoms with van der Waals surface area (Å²) in [4.78, 5) is 19.2. The lowest BCUT2D eigenvalue weighted by Gasteiger charge is -2.12. The smallest absolute Gasteiger partial charge is 0.185 e. The van der Waals surface area contributed by atoms with Crippen molar-refractivity contribution in [3.8, 4) is 17.1 Å². The Morgan fingerprint density at radius 1 is 0.943 bits per heavy atom. The van der Waals surface area contributed by atoms with E-state index in [0.717, 1.165) is 0 Å². The van der Waals surface area contributed by atoms with Crippen LogP contribution in [0.4, 0.5) is 24.7 Å². The van der Waals surface area contributed by atoms with Crippen LogP contribution < -0.4 is 10.1 Å². The van der Waals surface area contributed by atoms with Gasteiger partial charge in [0.15, 0.2) is 23.6 Å². The van der Waals surface area contributed by atoms with Crippen LogP contribution in [-0.2, 0) is 6.61 Å². The van der Waals surface area contributed by atoms with Crippen LogP contribution in [0.2, 0.25) is 0 Å². The molecule has 0 amide bonds. The summed E-state index contributed by atoms with van der Waals surface area (Å²) < 4.78 is 53.5. The maximum absolute atomic E-state index is 14.7. The number of rotatable bonds is 7. The third-order valence-electron chi connectivity index (χ3n) is 5.21. The van der Waals surface area contributed by atoms with Crippen molar-refractivity contribution in [3.63, 3.8) is 0 Å². The fourth-order valence-electron chi connectivity index (χ4n) is 3.55. The number of fused-ring (bicyclic) bond motifs is 1. The summed E-state index contributed by atoms with van der Waals surface area (Å²) in [6.07, 6.45) is 1.78. The Bertz CT molecular complexity index is 1550. The molecule has 5 rings (SSSR count). The van der Waals surface area contributed by atoms with E-state index in [-0.39, 0.29) is 29.4 Å². The first-order chi connectivity index (χ1) is 17.0. The van der Waals surface area contributed by atoms with Crippen molar-refractivity contribution >= 4 is 28.7 Å². The molecule has 3 aromatic carbocycles. The predicted molar refractivity (Wildman–Crippen MR) is 123 cm³/mol. The number of aldehydes is 1. The fraction of sp³-hybridized carbons (Fsp3) is 0.0385. The largest absolute Gasteiger partial charge is 0.486 e. The van der Waals surface area contributed by atoms with Gasteiger partial charge in [-0.1, -0.05) is 12.1 Å². The number of carbonyl (C=O) groups is 1. The number of halogens is 3. The minimum absolute atomic E-state index is 0.000477. The van der Waals surface area contributed by atoms with Crippen LogP contribution in [0.25, 0.3) is 22.2 Å². The third kappa shape index (κ3) is 4.70. The molecule has 0 aliphatic rings. The van der Waals surface area contributed by atoms with Crippen LogP contribution >= 0.6 is 0 Å². The van der Waals surface area contributed by atoms with Gasteiger partial charge in [-0.3, -0.25) is 4.79 Å². The van der Waals surface area contributed by atoms with Crippen molar-refractivity contribution in [2.45, 2.75) is 6.61 Å². The van der Waals surface area contributed by atoms with E-state index >= 15 is 0 Å². The number of furan rings is 1. The summed E-state index contributed by atoms with van der Waals surface area (Å²) in [6.45, 7) is 0.00490. The highest BCUT2D eigenvalue weighted by molar-refractivity contribution is 5.93. The van der Waals surface area contributed by atoms with Crippen LogP contribution in [0, 0.1) is 17.5 Å². The van der Waals surface area contributed by atoms with Crippen molar-refractivity contribution in [1.82, 2.24) is 9.97 Å². The molecule has 0 atom stereocenters. The van der Waals surface area contributed by atoms with E-state index in [1.807, 2.05) is 0 Å². The average Bonchev–Trinajstić information content (AvgIpc) is 3.32. The minimum atomic E-state index is -0.631. The van der Waals surface area contributed by atoms with Gasteiger partial charge in [-0.2, -0.15) is 0 Å². The Morgan fingerprint density at radius 3 is 2.60 bits per heavy atom. The number of nitrogens with one attached hydrogen (secondary N) is 1. The van der Waals surface area contributed by atoms with Crippen LogP contribution in [-0.4, -0.2) is 16.3 Å². The quantitative estimate of drug-likeness (QED) is 0.273. The summed E-state index contributed by atoms with van der Waals surface area (Å²) in [5.74, 6) is -1.06. The molecule has 0 saturated carbocycles. The fourth-order valence-corrected chi connectivity index (χ4v) is 3.55. The van der Waals surface area contributed by atoms with Gasteiger partial charge in [0, 0.05) is 23.2 Å². The van der Waals surface area contributed by atoms with Crippen molar-refractivity contribution < 1.29 is 27.1 Å². The number of nitrogens with zero attached hydrogens (tertiary/aromatic N) is 2. The van der Waals surface area contributed by atoms with Gasteiger partial charge in [0.2, 0.25) is 0 Å². The molecule has 0 bridgehead atoms. The first-order valence-electron chi connectivity index (χ1n) is 10.4. The van der Waals surface area contributed by atoms with E-state index in [4.69, 9.17) is 9.15 Å². The average molecular weight is 475 g/mol. The molecule has 0 spiro atoms. The van der Waals surface area contributed by atoms with Crippen LogP contribution in [0.5, 0.6) is 5.75 Å². The van der Waals surface area contributed by atoms with Crippen molar-refractivity contribution in [2.75, 3.05) is 5.32 Å². The number of carbonyl (C=O) groups excluding carboxylic acids is 1. The van der Waals surface area contributed by atoms with Gasteiger partial charge in [-0.15, -0.1) is 0 Å². The summed E-state index contributed by atoms with van der Waals surface area (Å²) in [7, 11) is 0. The SMILES string of the molecule is O=Cc1ccc(-c2cc3c(Nc4ccc(OCc5cccc(F)c5)c(F)c4)ncnc3cc2F)o1. The molecular formula is C26H16F3N3O3. The highest BCUT2D eigenvalue weighted by Crippen LogP contribution is 2.32. The zero-order chi connectivity index (χ0) is 24.4. The lowest BCUT2D eigenvalue weighted by atomic mass is 10.1. The first-order valence-corrected chi connectivity index (χ1v) is 10.4. The number of ether oxygens (including phenoxy) is 1. The Morgan fingerprint density at radius 2 is 1.83 bits per heavy atom. The number of aromatic nitrogens is 2. The zero-order valence-electron chi connectivity index (χ0n) is 18.0. The predicted octanol–water partition coefficient (Wildman–Crippen LogP) is 6.44. The number of anilines is 2. The summed E-state index contributed by atoms with van der Waals surface area (Å²) in [6, 6.07) is 15.8. The van der Waals surface area contributed by atoms with E-state index in [1.165, 1.54) is 54.9 Å². The van der Waals surface area contributed by atoms with Crippen molar-refractivity contribution in [3.05, 3.63) is 102 Å². The molecule has 174 valence electrons. The molecule has 0 aliphatic carbocycles. The van der Waals surface area contributed by atoms with Crippen molar-refractivity contribution in [2.24, 2.45) is 0 Å². The molecule has 0 saturated heterocycles. The van der Waals surface area contributed by atoms with E-state index in [2.05, 4.69) is 15.3 Å². The second-order valence-corrected chi connectivity index (χ2v) is 7.58. The second-order valence-electron chi connectivity index (χ2n) is 7.58. The Balaban J connectivity index is 1.41. The Hall–Kier alpha value is -4.66. The standard InChI is InChI=1S/C26H16F3N3O3/c27-16-3-1-2-15(8-16)13-34-25-6-4-17(9-22(25)29)32-26-20-10-19(24-7-5-18(12-33)35-24)21(28)11-23(20)30-14-31-26/h1-12,14H,13H2,(H,30,31,32). The second kappa shape index (κ2) is 9.30. The lowest BCUT2D eigenvalue weighted by Crippen LogP contribution is -2.00. The molecule has 0 fully saturated rings.